The molecule has 0 spiro atoms. The number of hydrogen-bond donors (Lipinski definition) is 9. The average Bonchev–Trinajstić information content (AvgIpc) is 3.71. The van der Waals surface area contributed by atoms with Crippen LogP contribution < -0.4 is 0 Å². The maximum absolute atomic E-state index is 11.5. The van der Waals surface area contributed by atoms with Crippen molar-refractivity contribution in [2.45, 2.75) is 203 Å². The fourth-order valence-corrected chi connectivity index (χ4v) is 14.8. The molecule has 0 bridgehead atoms. The topological polar surface area (TPSA) is 241 Å². The Balaban J connectivity index is 0.857. The Hall–Kier alpha value is -0.900. The van der Waals surface area contributed by atoms with E-state index in [1.807, 2.05) is 0 Å². The summed E-state index contributed by atoms with van der Waals surface area (Å²) in [5.41, 5.74) is 1.84. The number of aliphatic hydroxyl groups excluding tert-OH is 9. The van der Waals surface area contributed by atoms with E-state index in [2.05, 4.69) is 38.7 Å². The summed E-state index contributed by atoms with van der Waals surface area (Å²) in [6.45, 7) is 11.4. The van der Waals surface area contributed by atoms with Crippen LogP contribution in [0.1, 0.15) is 92.4 Å². The first kappa shape index (κ1) is 45.3. The summed E-state index contributed by atoms with van der Waals surface area (Å²) in [6.07, 6.45) is -10.8. The molecule has 4 aliphatic carbocycles. The van der Waals surface area contributed by atoms with E-state index >= 15 is 0 Å². The van der Waals surface area contributed by atoms with E-state index in [0.717, 1.165) is 49.0 Å². The van der Waals surface area contributed by atoms with Gasteiger partial charge in [0, 0.05) is 18.6 Å². The number of nitrogens with zero attached hydrogens (tertiary/aromatic N) is 1. The van der Waals surface area contributed by atoms with Crippen molar-refractivity contribution in [3.05, 3.63) is 11.6 Å². The van der Waals surface area contributed by atoms with E-state index in [4.69, 9.17) is 28.4 Å². The molecule has 16 nitrogen and oxygen atoms in total. The normalized spacial score (nSPS) is 57.3. The maximum Gasteiger partial charge on any atom is 0.187 e. The first-order valence-corrected chi connectivity index (χ1v) is 23.4. The molecular formula is C45H73NO15. The Morgan fingerprint density at radius 3 is 2.08 bits per heavy atom. The van der Waals surface area contributed by atoms with Gasteiger partial charge in [0.1, 0.15) is 67.1 Å². The Labute approximate surface area is 359 Å². The van der Waals surface area contributed by atoms with Gasteiger partial charge in [-0.3, -0.25) is 4.90 Å². The highest BCUT2D eigenvalue weighted by Crippen LogP contribution is 2.70. The van der Waals surface area contributed by atoms with E-state index in [9.17, 15) is 46.0 Å². The highest BCUT2D eigenvalue weighted by atomic mass is 16.8. The third-order valence-corrected chi connectivity index (χ3v) is 18.0. The summed E-state index contributed by atoms with van der Waals surface area (Å²) in [5.74, 6) is 4.32. The van der Waals surface area contributed by atoms with Gasteiger partial charge < -0.3 is 74.4 Å². The van der Waals surface area contributed by atoms with Gasteiger partial charge in [-0.25, -0.2) is 0 Å². The third-order valence-electron chi connectivity index (χ3n) is 18.0. The van der Waals surface area contributed by atoms with E-state index in [1.165, 1.54) is 51.1 Å². The summed E-state index contributed by atoms with van der Waals surface area (Å²) in [4.78, 5) is 2.95. The van der Waals surface area contributed by atoms with Crippen molar-refractivity contribution in [2.75, 3.05) is 19.8 Å². The van der Waals surface area contributed by atoms with Crippen LogP contribution >= 0.6 is 0 Å². The molecule has 9 rings (SSSR count). The Kier molecular flexibility index (Phi) is 12.7. The molecule has 9 N–H and O–H groups in total. The zero-order chi connectivity index (χ0) is 43.4. The summed E-state index contributed by atoms with van der Waals surface area (Å²) in [5, 5.41) is 96.3. The van der Waals surface area contributed by atoms with E-state index in [-0.39, 0.29) is 11.5 Å². The molecule has 26 atom stereocenters. The molecule has 0 unspecified atom stereocenters. The van der Waals surface area contributed by atoms with Gasteiger partial charge >= 0.3 is 0 Å². The van der Waals surface area contributed by atoms with Crippen LogP contribution in [-0.2, 0) is 28.4 Å². The van der Waals surface area contributed by atoms with Crippen LogP contribution in [0.5, 0.6) is 0 Å². The fourth-order valence-electron chi connectivity index (χ4n) is 14.8. The van der Waals surface area contributed by atoms with Crippen LogP contribution in [0.25, 0.3) is 0 Å². The van der Waals surface area contributed by atoms with Gasteiger partial charge in [0.05, 0.1) is 25.4 Å². The van der Waals surface area contributed by atoms with E-state index in [0.29, 0.717) is 29.7 Å². The van der Waals surface area contributed by atoms with Crippen molar-refractivity contribution in [3.8, 4) is 0 Å². The number of hydrogen-bond acceptors (Lipinski definition) is 16. The zero-order valence-corrected chi connectivity index (χ0v) is 36.3. The van der Waals surface area contributed by atoms with Crippen molar-refractivity contribution in [2.24, 2.45) is 46.3 Å². The molecule has 0 aromatic heterocycles. The molecular weight excluding hydrogens is 794 g/mol. The maximum atomic E-state index is 11.5. The molecule has 0 amide bonds. The second-order valence-corrected chi connectivity index (χ2v) is 21.2. The minimum absolute atomic E-state index is 0.0611. The molecule has 8 fully saturated rings. The summed E-state index contributed by atoms with van der Waals surface area (Å²) in [7, 11) is 0. The largest absolute Gasteiger partial charge is 0.394 e. The molecule has 3 saturated carbocycles. The molecule has 0 aromatic rings. The third kappa shape index (κ3) is 7.42. The van der Waals surface area contributed by atoms with Gasteiger partial charge in [0.15, 0.2) is 18.9 Å². The molecule has 61 heavy (non-hydrogen) atoms. The van der Waals surface area contributed by atoms with Crippen molar-refractivity contribution in [1.82, 2.24) is 4.90 Å². The lowest BCUT2D eigenvalue weighted by Crippen LogP contribution is -2.66. The average molecular weight is 868 g/mol. The number of rotatable bonds is 8. The van der Waals surface area contributed by atoms with Crippen molar-refractivity contribution in [1.29, 1.82) is 0 Å². The quantitative estimate of drug-likeness (QED) is 0.148. The summed E-state index contributed by atoms with van der Waals surface area (Å²) >= 11 is 0. The Bertz CT molecular complexity index is 1590. The smallest absolute Gasteiger partial charge is 0.187 e. The van der Waals surface area contributed by atoms with Crippen LogP contribution in [0.15, 0.2) is 11.6 Å². The van der Waals surface area contributed by atoms with Gasteiger partial charge in [0.2, 0.25) is 0 Å². The lowest BCUT2D eigenvalue weighted by molar-refractivity contribution is -0.388. The molecule has 0 radical (unpaired) electrons. The molecule has 0 aromatic carbocycles. The predicted octanol–water partition coefficient (Wildman–Crippen LogP) is 0.155. The van der Waals surface area contributed by atoms with E-state index in [1.54, 1.807) is 0 Å². The molecule has 16 heteroatoms. The Morgan fingerprint density at radius 2 is 1.34 bits per heavy atom. The minimum Gasteiger partial charge on any atom is -0.394 e. The summed E-state index contributed by atoms with van der Waals surface area (Å²) < 4.78 is 35.7. The van der Waals surface area contributed by atoms with Crippen molar-refractivity contribution < 1.29 is 74.4 Å². The lowest BCUT2D eigenvalue weighted by Gasteiger charge is -2.58. The fraction of sp³-hybridized carbons (Fsp3) is 0.956. The van der Waals surface area contributed by atoms with Crippen LogP contribution in [0.3, 0.4) is 0 Å². The van der Waals surface area contributed by atoms with Gasteiger partial charge in [0.25, 0.3) is 0 Å². The van der Waals surface area contributed by atoms with Gasteiger partial charge in [-0.2, -0.15) is 0 Å². The monoisotopic (exact) mass is 867 g/mol. The van der Waals surface area contributed by atoms with Crippen LogP contribution in [0.2, 0.25) is 0 Å². The second kappa shape index (κ2) is 17.1. The van der Waals surface area contributed by atoms with Crippen molar-refractivity contribution >= 4 is 0 Å². The number of ether oxygens (including phenoxy) is 6. The molecule has 5 heterocycles. The van der Waals surface area contributed by atoms with Crippen molar-refractivity contribution in [3.63, 3.8) is 0 Å². The first-order valence-electron chi connectivity index (χ1n) is 23.4. The lowest BCUT2D eigenvalue weighted by atomic mass is 9.47. The van der Waals surface area contributed by atoms with Crippen LogP contribution in [-0.4, -0.2) is 181 Å². The molecule has 9 aliphatic rings. The minimum atomic E-state index is -1.80. The standard InChI is InChI=1S/C45H73NO15/c1-19-6-9-27-20(2)31-28(46(27)16-19)15-26-24-8-7-22-14-23(10-12-44(22,4)25(24)11-13-45(26,31)5)57-42-38(55)36(53)39(30(18-48)59-42)60-43-40(35(52)33(50)29(17-47)58-43)61-41-37(54)34(51)32(49)21(3)56-41/h7,19-21,23-43,47-55H,6,8-18H2,1-5H3/t19-,20+,21-,23-,24+,25-,26-,27+,28-,29+,30+,31-,32-,33+,34+,35-,36+,37+,38+,39+,40+,41-,42+,43-,44-,45-/m0/s1. The van der Waals surface area contributed by atoms with E-state index < -0.39 is 105 Å². The van der Waals surface area contributed by atoms with Gasteiger partial charge in [-0.05, 0) is 111 Å². The van der Waals surface area contributed by atoms with Crippen LogP contribution in [0.4, 0.5) is 0 Å². The summed E-state index contributed by atoms with van der Waals surface area (Å²) in [6, 6.07) is 1.47. The highest BCUT2D eigenvalue weighted by Gasteiger charge is 2.66. The predicted molar refractivity (Wildman–Crippen MR) is 215 cm³/mol. The Morgan fingerprint density at radius 1 is 0.672 bits per heavy atom. The zero-order valence-electron chi connectivity index (χ0n) is 36.3. The SMILES string of the molecule is C[C@H]1CC[C@@H]2[C@@H](C)[C@H]3[C@H](C[C@H]4[C@@H]5CC=C6C[C@@H](O[C@@H]7O[C@H](CO)[C@@H](O[C@@H]8O[C@H](CO)[C@@H](O)[C@H](O)[C@H]8O[C@@H]8O[C@@H](C)[C@H](O)[C@@H](O)[C@H]8O)[C@H](O)[C@H]7O)CC[C@]6(C)[C@H]5CC[C@]34C)N2C1. The molecule has 5 saturated heterocycles. The number of aliphatic hydroxyl groups is 9. The molecule has 348 valence electrons. The first-order chi connectivity index (χ1) is 29.0. The molecule has 5 aliphatic heterocycles. The number of allylic oxidation sites excluding steroid dienone is 1. The second-order valence-electron chi connectivity index (χ2n) is 21.2. The van der Waals surface area contributed by atoms with Crippen LogP contribution in [0, 0.1) is 46.3 Å². The highest BCUT2D eigenvalue weighted by molar-refractivity contribution is 5.27. The number of piperidine rings is 1. The number of fused-ring (bicyclic) bond motifs is 9. The van der Waals surface area contributed by atoms with Gasteiger partial charge in [-0.1, -0.05) is 39.3 Å². The van der Waals surface area contributed by atoms with Gasteiger partial charge in [-0.15, -0.1) is 0 Å².